The van der Waals surface area contributed by atoms with Crippen molar-refractivity contribution in [2.75, 3.05) is 19.6 Å². The second-order valence-electron chi connectivity index (χ2n) is 5.93. The van der Waals surface area contributed by atoms with Crippen LogP contribution in [0.15, 0.2) is 12.4 Å². The summed E-state index contributed by atoms with van der Waals surface area (Å²) in [6.07, 6.45) is 8.13. The van der Waals surface area contributed by atoms with E-state index >= 15 is 0 Å². The van der Waals surface area contributed by atoms with E-state index in [1.54, 1.807) is 4.68 Å². The minimum atomic E-state index is 0. The van der Waals surface area contributed by atoms with Gasteiger partial charge in [0.15, 0.2) is 0 Å². The molecule has 2 N–H and O–H groups in total. The number of halogens is 1. The van der Waals surface area contributed by atoms with Crippen LogP contribution in [0.5, 0.6) is 0 Å². The standard InChI is InChI=1S/C14H22N4O.ClH/c1-18-10-11(9-17-18)2-5-16-13(19)12-8-14(12)3-6-15-7-4-14;/h9-10,12,15H,2-8H2,1H3,(H,16,19);1H. The van der Waals surface area contributed by atoms with Gasteiger partial charge in [0.05, 0.1) is 6.20 Å². The van der Waals surface area contributed by atoms with Crippen LogP contribution in [0.2, 0.25) is 0 Å². The molecule has 112 valence electrons. The molecule has 0 radical (unpaired) electrons. The van der Waals surface area contributed by atoms with Crippen molar-refractivity contribution in [2.45, 2.75) is 25.7 Å². The molecule has 0 aromatic carbocycles. The smallest absolute Gasteiger partial charge is 0.223 e. The fourth-order valence-electron chi connectivity index (χ4n) is 3.25. The van der Waals surface area contributed by atoms with Crippen molar-refractivity contribution in [1.82, 2.24) is 20.4 Å². The fraction of sp³-hybridized carbons (Fsp3) is 0.714. The summed E-state index contributed by atoms with van der Waals surface area (Å²) < 4.78 is 1.79. The number of rotatable bonds is 4. The maximum Gasteiger partial charge on any atom is 0.223 e. The van der Waals surface area contributed by atoms with Gasteiger partial charge in [-0.3, -0.25) is 9.48 Å². The third kappa shape index (κ3) is 3.15. The number of carbonyl (C=O) groups is 1. The van der Waals surface area contributed by atoms with Crippen molar-refractivity contribution in [3.8, 4) is 0 Å². The molecule has 1 aliphatic heterocycles. The Morgan fingerprint density at radius 1 is 1.55 bits per heavy atom. The molecule has 1 aromatic heterocycles. The number of carbonyl (C=O) groups excluding carboxylic acids is 1. The van der Waals surface area contributed by atoms with Gasteiger partial charge in [0, 0.05) is 25.7 Å². The number of aromatic nitrogens is 2. The molecular weight excluding hydrogens is 276 g/mol. The highest BCUT2D eigenvalue weighted by atomic mass is 35.5. The lowest BCUT2D eigenvalue weighted by atomic mass is 9.92. The molecule has 3 rings (SSSR count). The highest BCUT2D eigenvalue weighted by Gasteiger charge is 2.57. The van der Waals surface area contributed by atoms with E-state index < -0.39 is 0 Å². The number of hydrogen-bond acceptors (Lipinski definition) is 3. The molecule has 0 bridgehead atoms. The summed E-state index contributed by atoms with van der Waals surface area (Å²) in [6, 6.07) is 0. The zero-order chi connectivity index (χ0) is 13.3. The van der Waals surface area contributed by atoms with Gasteiger partial charge in [-0.05, 0) is 49.8 Å². The third-order valence-electron chi connectivity index (χ3n) is 4.58. The van der Waals surface area contributed by atoms with Crippen LogP contribution in [0.1, 0.15) is 24.8 Å². The first-order valence-electron chi connectivity index (χ1n) is 7.16. The third-order valence-corrected chi connectivity index (χ3v) is 4.58. The van der Waals surface area contributed by atoms with Crippen molar-refractivity contribution in [2.24, 2.45) is 18.4 Å². The lowest BCUT2D eigenvalue weighted by Crippen LogP contribution is -2.34. The molecule has 1 aromatic rings. The molecule has 1 saturated carbocycles. The Kier molecular flexibility index (Phi) is 4.70. The summed E-state index contributed by atoms with van der Waals surface area (Å²) in [5.41, 5.74) is 1.51. The van der Waals surface area contributed by atoms with Crippen molar-refractivity contribution in [1.29, 1.82) is 0 Å². The van der Waals surface area contributed by atoms with Gasteiger partial charge < -0.3 is 10.6 Å². The van der Waals surface area contributed by atoms with E-state index in [1.807, 2.05) is 19.4 Å². The van der Waals surface area contributed by atoms with E-state index in [4.69, 9.17) is 0 Å². The molecule has 1 aliphatic carbocycles. The zero-order valence-electron chi connectivity index (χ0n) is 11.9. The highest BCUT2D eigenvalue weighted by molar-refractivity contribution is 5.85. The molecule has 1 saturated heterocycles. The summed E-state index contributed by atoms with van der Waals surface area (Å²) >= 11 is 0. The molecule has 6 heteroatoms. The first kappa shape index (κ1) is 15.3. The van der Waals surface area contributed by atoms with Gasteiger partial charge in [-0.15, -0.1) is 12.4 Å². The Balaban J connectivity index is 0.00000147. The lowest BCUT2D eigenvalue weighted by Gasteiger charge is -2.23. The largest absolute Gasteiger partial charge is 0.356 e. The first-order chi connectivity index (χ1) is 9.20. The monoisotopic (exact) mass is 298 g/mol. The van der Waals surface area contributed by atoms with Crippen LogP contribution < -0.4 is 10.6 Å². The Hall–Kier alpha value is -1.07. The number of hydrogen-bond donors (Lipinski definition) is 2. The van der Waals surface area contributed by atoms with Gasteiger partial charge in [-0.25, -0.2) is 0 Å². The molecule has 20 heavy (non-hydrogen) atoms. The molecule has 1 amide bonds. The maximum atomic E-state index is 12.1. The van der Waals surface area contributed by atoms with Gasteiger partial charge in [0.2, 0.25) is 5.91 Å². The van der Waals surface area contributed by atoms with Crippen LogP contribution >= 0.6 is 12.4 Å². The minimum absolute atomic E-state index is 0. The highest BCUT2D eigenvalue weighted by Crippen LogP contribution is 2.58. The summed E-state index contributed by atoms with van der Waals surface area (Å²) in [5.74, 6) is 0.522. The van der Waals surface area contributed by atoms with Gasteiger partial charge in [0.1, 0.15) is 0 Å². The van der Waals surface area contributed by atoms with E-state index in [9.17, 15) is 4.79 Å². The van der Waals surface area contributed by atoms with Crippen LogP contribution in [0.25, 0.3) is 0 Å². The quantitative estimate of drug-likeness (QED) is 0.868. The van der Waals surface area contributed by atoms with Crippen molar-refractivity contribution < 1.29 is 4.79 Å². The number of piperidine rings is 1. The molecule has 2 aliphatic rings. The molecule has 1 unspecified atom stereocenters. The fourth-order valence-corrected chi connectivity index (χ4v) is 3.25. The summed E-state index contributed by atoms with van der Waals surface area (Å²) in [4.78, 5) is 12.1. The Bertz CT molecular complexity index is 467. The van der Waals surface area contributed by atoms with Crippen molar-refractivity contribution >= 4 is 18.3 Å². The van der Waals surface area contributed by atoms with E-state index in [0.29, 0.717) is 5.41 Å². The van der Waals surface area contributed by atoms with E-state index in [0.717, 1.165) is 45.3 Å². The van der Waals surface area contributed by atoms with Gasteiger partial charge in [-0.2, -0.15) is 5.10 Å². The first-order valence-corrected chi connectivity index (χ1v) is 7.16. The van der Waals surface area contributed by atoms with Crippen molar-refractivity contribution in [3.63, 3.8) is 0 Å². The van der Waals surface area contributed by atoms with Gasteiger partial charge >= 0.3 is 0 Å². The molecule has 1 spiro atoms. The topological polar surface area (TPSA) is 59.0 Å². The number of amides is 1. The zero-order valence-corrected chi connectivity index (χ0v) is 12.7. The molecule has 1 atom stereocenters. The average molecular weight is 299 g/mol. The number of aryl methyl sites for hydroxylation is 1. The SMILES string of the molecule is Cl.Cn1cc(CCNC(=O)C2CC23CCNCC3)cn1. The van der Waals surface area contributed by atoms with Crippen LogP contribution in [-0.2, 0) is 18.3 Å². The Morgan fingerprint density at radius 3 is 2.95 bits per heavy atom. The van der Waals surface area contributed by atoms with Crippen molar-refractivity contribution in [3.05, 3.63) is 18.0 Å². The molecule has 5 nitrogen and oxygen atoms in total. The Morgan fingerprint density at radius 2 is 2.30 bits per heavy atom. The van der Waals surface area contributed by atoms with Crippen LogP contribution in [0.3, 0.4) is 0 Å². The lowest BCUT2D eigenvalue weighted by molar-refractivity contribution is -0.123. The van der Waals surface area contributed by atoms with Crippen LogP contribution in [0, 0.1) is 11.3 Å². The molecule has 2 fully saturated rings. The summed E-state index contributed by atoms with van der Waals surface area (Å²) in [7, 11) is 1.91. The second-order valence-corrected chi connectivity index (χ2v) is 5.93. The predicted molar refractivity (Wildman–Crippen MR) is 79.8 cm³/mol. The summed E-state index contributed by atoms with van der Waals surface area (Å²) in [6.45, 7) is 2.86. The minimum Gasteiger partial charge on any atom is -0.356 e. The number of nitrogens with one attached hydrogen (secondary N) is 2. The maximum absolute atomic E-state index is 12.1. The van der Waals surface area contributed by atoms with Crippen LogP contribution in [-0.4, -0.2) is 35.3 Å². The van der Waals surface area contributed by atoms with Gasteiger partial charge in [-0.1, -0.05) is 0 Å². The molecule has 2 heterocycles. The predicted octanol–water partition coefficient (Wildman–Crippen LogP) is 0.890. The van der Waals surface area contributed by atoms with E-state index in [-0.39, 0.29) is 24.2 Å². The molecular formula is C14H23ClN4O. The second kappa shape index (κ2) is 6.14. The summed E-state index contributed by atoms with van der Waals surface area (Å²) in [5, 5.41) is 10.6. The number of nitrogens with zero attached hydrogens (tertiary/aromatic N) is 2. The van der Waals surface area contributed by atoms with E-state index in [1.165, 1.54) is 5.56 Å². The average Bonchev–Trinajstić information content (AvgIpc) is 2.93. The van der Waals surface area contributed by atoms with E-state index in [2.05, 4.69) is 15.7 Å². The Labute approximate surface area is 125 Å². The normalized spacial score (nSPS) is 23.1. The van der Waals surface area contributed by atoms with Crippen LogP contribution in [0.4, 0.5) is 0 Å². The van der Waals surface area contributed by atoms with Gasteiger partial charge in [0.25, 0.3) is 0 Å².